The third-order valence-corrected chi connectivity index (χ3v) is 3.78. The summed E-state index contributed by atoms with van der Waals surface area (Å²) >= 11 is 0. The number of benzene rings is 1. The van der Waals surface area contributed by atoms with E-state index in [1.54, 1.807) is 12.1 Å². The van der Waals surface area contributed by atoms with Crippen molar-refractivity contribution in [3.05, 3.63) is 24.0 Å². The number of rotatable bonds is 4. The van der Waals surface area contributed by atoms with Gasteiger partial charge in [0.15, 0.2) is 11.6 Å². The Kier molecular flexibility index (Phi) is 4.20. The predicted molar refractivity (Wildman–Crippen MR) is 76.7 cm³/mol. The predicted octanol–water partition coefficient (Wildman–Crippen LogP) is 2.61. The highest BCUT2D eigenvalue weighted by Crippen LogP contribution is 2.34. The number of ether oxygens (including phenoxy) is 1. The van der Waals surface area contributed by atoms with Gasteiger partial charge in [-0.1, -0.05) is 0 Å². The molecular weight excluding hydrogens is 283 g/mol. The van der Waals surface area contributed by atoms with Gasteiger partial charge in [-0.25, -0.2) is 4.39 Å². The zero-order valence-electron chi connectivity index (χ0n) is 11.0. The molecule has 1 aromatic carbocycles. The highest BCUT2D eigenvalue weighted by molar-refractivity contribution is 6.00. The van der Waals surface area contributed by atoms with Crippen LogP contribution in [0.2, 0.25) is 0 Å². The molecule has 0 spiro atoms. The summed E-state index contributed by atoms with van der Waals surface area (Å²) in [6, 6.07) is 4.47. The largest absolute Gasteiger partial charge is 0.487 e. The number of nitrogens with two attached hydrogens (primary N) is 1. The second-order valence-electron chi connectivity index (χ2n) is 5.43. The Morgan fingerprint density at radius 2 is 2.10 bits per heavy atom. The standard InChI is InChI=1S/C14H17FN2O2.ClH/c15-11-8-9(17-13(18)14(16)6-7-14)4-5-12(11)19-10-2-1-3-10;/h4-5,8,10H,1-3,6-7,16H2,(H,17,18);1H. The van der Waals surface area contributed by atoms with Crippen LogP contribution < -0.4 is 15.8 Å². The second kappa shape index (κ2) is 5.58. The first-order chi connectivity index (χ1) is 9.07. The number of anilines is 1. The molecule has 2 fully saturated rings. The lowest BCUT2D eigenvalue weighted by molar-refractivity contribution is -0.118. The third kappa shape index (κ3) is 3.04. The number of carbonyl (C=O) groups excluding carboxylic acids is 1. The summed E-state index contributed by atoms with van der Waals surface area (Å²) in [5.41, 5.74) is 5.43. The summed E-state index contributed by atoms with van der Waals surface area (Å²) in [5.74, 6) is -0.456. The molecule has 3 rings (SSSR count). The van der Waals surface area contributed by atoms with Crippen molar-refractivity contribution in [3.63, 3.8) is 0 Å². The second-order valence-corrected chi connectivity index (χ2v) is 5.43. The van der Waals surface area contributed by atoms with Crippen LogP contribution in [0, 0.1) is 5.82 Å². The Hall–Kier alpha value is -1.33. The normalized spacial score (nSPS) is 19.5. The number of carbonyl (C=O) groups is 1. The first-order valence-electron chi connectivity index (χ1n) is 6.63. The number of halogens is 2. The van der Waals surface area contributed by atoms with Crippen LogP contribution in [0.3, 0.4) is 0 Å². The van der Waals surface area contributed by atoms with E-state index in [1.807, 2.05) is 0 Å². The molecule has 110 valence electrons. The lowest BCUT2D eigenvalue weighted by Gasteiger charge is -2.26. The van der Waals surface area contributed by atoms with Gasteiger partial charge in [-0.05, 0) is 44.2 Å². The topological polar surface area (TPSA) is 64.4 Å². The molecule has 3 N–H and O–H groups in total. The van der Waals surface area contributed by atoms with E-state index in [1.165, 1.54) is 6.07 Å². The minimum atomic E-state index is -0.752. The first kappa shape index (κ1) is 15.1. The Morgan fingerprint density at radius 1 is 1.40 bits per heavy atom. The Bertz CT molecular complexity index is 516. The molecular formula is C14H18ClFN2O2. The zero-order chi connectivity index (χ0) is 13.5. The molecule has 0 atom stereocenters. The summed E-state index contributed by atoms with van der Waals surface area (Å²) in [6.45, 7) is 0. The Morgan fingerprint density at radius 3 is 2.60 bits per heavy atom. The van der Waals surface area contributed by atoms with Crippen molar-refractivity contribution in [2.75, 3.05) is 5.32 Å². The minimum Gasteiger partial charge on any atom is -0.487 e. The molecule has 1 aromatic rings. The minimum absolute atomic E-state index is 0. The molecule has 0 aliphatic heterocycles. The van der Waals surface area contributed by atoms with Crippen molar-refractivity contribution in [1.29, 1.82) is 0 Å². The van der Waals surface area contributed by atoms with Crippen LogP contribution in [0.4, 0.5) is 10.1 Å². The monoisotopic (exact) mass is 300 g/mol. The van der Waals surface area contributed by atoms with Crippen molar-refractivity contribution in [2.45, 2.75) is 43.7 Å². The lowest BCUT2D eigenvalue weighted by atomic mass is 9.96. The van der Waals surface area contributed by atoms with Crippen LogP contribution in [0.5, 0.6) is 5.75 Å². The van der Waals surface area contributed by atoms with E-state index in [0.717, 1.165) is 19.3 Å². The number of nitrogens with one attached hydrogen (secondary N) is 1. The smallest absolute Gasteiger partial charge is 0.244 e. The van der Waals surface area contributed by atoms with E-state index in [2.05, 4.69) is 5.32 Å². The first-order valence-corrected chi connectivity index (χ1v) is 6.63. The summed E-state index contributed by atoms with van der Waals surface area (Å²) < 4.78 is 19.3. The van der Waals surface area contributed by atoms with E-state index in [-0.39, 0.29) is 30.2 Å². The zero-order valence-corrected chi connectivity index (χ0v) is 11.8. The van der Waals surface area contributed by atoms with E-state index >= 15 is 0 Å². The molecule has 2 aliphatic rings. The van der Waals surface area contributed by atoms with Gasteiger partial charge in [-0.15, -0.1) is 12.4 Å². The maximum Gasteiger partial charge on any atom is 0.244 e. The van der Waals surface area contributed by atoms with Gasteiger partial charge < -0.3 is 15.8 Å². The molecule has 1 amide bonds. The van der Waals surface area contributed by atoms with E-state index in [4.69, 9.17) is 10.5 Å². The van der Waals surface area contributed by atoms with Crippen LogP contribution in [0.25, 0.3) is 0 Å². The maximum absolute atomic E-state index is 13.8. The Labute approximate surface area is 123 Å². The van der Waals surface area contributed by atoms with Crippen LogP contribution in [0.1, 0.15) is 32.1 Å². The van der Waals surface area contributed by atoms with Gasteiger partial charge in [0.1, 0.15) is 0 Å². The van der Waals surface area contributed by atoms with Crippen LogP contribution in [-0.4, -0.2) is 17.6 Å². The summed E-state index contributed by atoms with van der Waals surface area (Å²) in [4.78, 5) is 11.7. The molecule has 0 unspecified atom stereocenters. The molecule has 0 heterocycles. The average molecular weight is 301 g/mol. The van der Waals surface area contributed by atoms with Crippen molar-refractivity contribution in [3.8, 4) is 5.75 Å². The van der Waals surface area contributed by atoms with Gasteiger partial charge in [0, 0.05) is 11.8 Å². The van der Waals surface area contributed by atoms with Crippen LogP contribution >= 0.6 is 12.4 Å². The van der Waals surface area contributed by atoms with Crippen molar-refractivity contribution in [1.82, 2.24) is 0 Å². The highest BCUT2D eigenvalue weighted by Gasteiger charge is 2.45. The van der Waals surface area contributed by atoms with E-state index in [0.29, 0.717) is 18.5 Å². The van der Waals surface area contributed by atoms with E-state index < -0.39 is 11.4 Å². The van der Waals surface area contributed by atoms with Gasteiger partial charge in [-0.3, -0.25) is 4.79 Å². The summed E-state index contributed by atoms with van der Waals surface area (Å²) in [7, 11) is 0. The molecule has 4 nitrogen and oxygen atoms in total. The average Bonchev–Trinajstić information content (AvgIpc) is 3.05. The highest BCUT2D eigenvalue weighted by atomic mass is 35.5. The molecule has 0 aromatic heterocycles. The lowest BCUT2D eigenvalue weighted by Crippen LogP contribution is -2.37. The fourth-order valence-electron chi connectivity index (χ4n) is 1.96. The van der Waals surface area contributed by atoms with Gasteiger partial charge in [0.25, 0.3) is 0 Å². The maximum atomic E-state index is 13.8. The molecule has 0 bridgehead atoms. The number of amides is 1. The third-order valence-electron chi connectivity index (χ3n) is 3.78. The Balaban J connectivity index is 0.00000147. The van der Waals surface area contributed by atoms with Gasteiger partial charge >= 0.3 is 0 Å². The van der Waals surface area contributed by atoms with Crippen molar-refractivity contribution in [2.24, 2.45) is 5.73 Å². The van der Waals surface area contributed by atoms with Crippen molar-refractivity contribution >= 4 is 24.0 Å². The van der Waals surface area contributed by atoms with Crippen molar-refractivity contribution < 1.29 is 13.9 Å². The number of hydrogen-bond acceptors (Lipinski definition) is 3. The van der Waals surface area contributed by atoms with E-state index in [9.17, 15) is 9.18 Å². The van der Waals surface area contributed by atoms with Gasteiger partial charge in [0.05, 0.1) is 11.6 Å². The molecule has 0 radical (unpaired) electrons. The number of hydrogen-bond donors (Lipinski definition) is 2. The SMILES string of the molecule is Cl.NC1(C(=O)Nc2ccc(OC3CCC3)c(F)c2)CC1. The fraction of sp³-hybridized carbons (Fsp3) is 0.500. The van der Waals surface area contributed by atoms with Crippen LogP contribution in [-0.2, 0) is 4.79 Å². The van der Waals surface area contributed by atoms with Gasteiger partial charge in [-0.2, -0.15) is 0 Å². The molecule has 0 saturated heterocycles. The molecule has 2 aliphatic carbocycles. The van der Waals surface area contributed by atoms with Crippen LogP contribution in [0.15, 0.2) is 18.2 Å². The van der Waals surface area contributed by atoms with Gasteiger partial charge in [0.2, 0.25) is 5.91 Å². The quantitative estimate of drug-likeness (QED) is 0.898. The molecule has 20 heavy (non-hydrogen) atoms. The molecule has 6 heteroatoms. The fourth-order valence-corrected chi connectivity index (χ4v) is 1.96. The summed E-state index contributed by atoms with van der Waals surface area (Å²) in [6.07, 6.45) is 4.60. The summed E-state index contributed by atoms with van der Waals surface area (Å²) in [5, 5.41) is 2.63. The molecule has 2 saturated carbocycles.